The number of carbonyl (C=O) groups excluding carboxylic acids is 2. The van der Waals surface area contributed by atoms with Gasteiger partial charge in [-0.1, -0.05) is 20.3 Å². The standard InChI is InChI=1S/C14H24N2O3/c1-3-5-11-14(18)16(10-6-8-19-9-7-10)12(4-2)13(17)15-11/h10-12H,3-9H2,1-2H3,(H,15,17). The summed E-state index contributed by atoms with van der Waals surface area (Å²) in [6, 6.07) is -0.469. The van der Waals surface area contributed by atoms with Crippen molar-refractivity contribution in [3.8, 4) is 0 Å². The summed E-state index contributed by atoms with van der Waals surface area (Å²) in [6.45, 7) is 5.37. The van der Waals surface area contributed by atoms with Crippen molar-refractivity contribution in [1.82, 2.24) is 10.2 Å². The molecule has 0 spiro atoms. The van der Waals surface area contributed by atoms with Crippen molar-refractivity contribution >= 4 is 11.8 Å². The molecule has 0 saturated carbocycles. The molecule has 2 aliphatic heterocycles. The average molecular weight is 268 g/mol. The molecule has 1 N–H and O–H groups in total. The second-order valence-electron chi connectivity index (χ2n) is 5.36. The van der Waals surface area contributed by atoms with Crippen LogP contribution >= 0.6 is 0 Å². The maximum Gasteiger partial charge on any atom is 0.246 e. The molecule has 2 fully saturated rings. The highest BCUT2D eigenvalue weighted by Crippen LogP contribution is 2.24. The molecule has 2 unspecified atom stereocenters. The van der Waals surface area contributed by atoms with Crippen molar-refractivity contribution in [2.24, 2.45) is 0 Å². The lowest BCUT2D eigenvalue weighted by Gasteiger charge is -2.44. The zero-order chi connectivity index (χ0) is 13.8. The summed E-state index contributed by atoms with van der Waals surface area (Å²) in [5, 5.41) is 2.88. The predicted octanol–water partition coefficient (Wildman–Crippen LogP) is 1.07. The predicted molar refractivity (Wildman–Crippen MR) is 71.6 cm³/mol. The molecule has 19 heavy (non-hydrogen) atoms. The van der Waals surface area contributed by atoms with Crippen LogP contribution in [0.3, 0.4) is 0 Å². The van der Waals surface area contributed by atoms with Crippen LogP contribution < -0.4 is 5.32 Å². The van der Waals surface area contributed by atoms with E-state index in [1.165, 1.54) is 0 Å². The van der Waals surface area contributed by atoms with Gasteiger partial charge in [0.15, 0.2) is 0 Å². The number of amides is 2. The van der Waals surface area contributed by atoms with Gasteiger partial charge in [-0.3, -0.25) is 9.59 Å². The Morgan fingerprint density at radius 1 is 1.26 bits per heavy atom. The number of nitrogens with one attached hydrogen (secondary N) is 1. The highest BCUT2D eigenvalue weighted by Gasteiger charge is 2.42. The maximum atomic E-state index is 12.6. The number of rotatable bonds is 4. The van der Waals surface area contributed by atoms with E-state index in [4.69, 9.17) is 4.74 Å². The minimum atomic E-state index is -0.330. The van der Waals surface area contributed by atoms with Crippen LogP contribution in [0.25, 0.3) is 0 Å². The normalized spacial score (nSPS) is 29.5. The molecule has 2 saturated heterocycles. The summed E-state index contributed by atoms with van der Waals surface area (Å²) in [5.74, 6) is 0.104. The largest absolute Gasteiger partial charge is 0.381 e. The van der Waals surface area contributed by atoms with Crippen LogP contribution in [-0.4, -0.2) is 48.1 Å². The quantitative estimate of drug-likeness (QED) is 0.829. The van der Waals surface area contributed by atoms with Crippen molar-refractivity contribution in [2.45, 2.75) is 64.1 Å². The lowest BCUT2D eigenvalue weighted by Crippen LogP contribution is -2.66. The SMILES string of the molecule is CCCC1NC(=O)C(CC)N(C2CCOCC2)C1=O. The lowest BCUT2D eigenvalue weighted by atomic mass is 9.96. The van der Waals surface area contributed by atoms with E-state index < -0.39 is 0 Å². The molecule has 2 rings (SSSR count). The van der Waals surface area contributed by atoms with Gasteiger partial charge in [-0.15, -0.1) is 0 Å². The Labute approximate surface area is 114 Å². The summed E-state index contributed by atoms with van der Waals surface area (Å²) in [7, 11) is 0. The molecule has 0 aliphatic carbocycles. The molecule has 0 aromatic carbocycles. The van der Waals surface area contributed by atoms with E-state index in [1.807, 2.05) is 18.7 Å². The first-order chi connectivity index (χ1) is 9.19. The molecule has 2 amide bonds. The van der Waals surface area contributed by atoms with Gasteiger partial charge in [-0.2, -0.15) is 0 Å². The van der Waals surface area contributed by atoms with Crippen molar-refractivity contribution in [3.05, 3.63) is 0 Å². The van der Waals surface area contributed by atoms with E-state index in [1.54, 1.807) is 0 Å². The number of hydrogen-bond donors (Lipinski definition) is 1. The fourth-order valence-corrected chi connectivity index (χ4v) is 3.05. The monoisotopic (exact) mass is 268 g/mol. The first-order valence-corrected chi connectivity index (χ1v) is 7.39. The Bertz CT molecular complexity index is 340. The van der Waals surface area contributed by atoms with Crippen molar-refractivity contribution < 1.29 is 14.3 Å². The Kier molecular flexibility index (Phi) is 4.80. The van der Waals surface area contributed by atoms with E-state index in [0.717, 1.165) is 25.7 Å². The van der Waals surface area contributed by atoms with E-state index in [2.05, 4.69) is 5.32 Å². The van der Waals surface area contributed by atoms with Gasteiger partial charge in [0.25, 0.3) is 0 Å². The summed E-state index contributed by atoms with van der Waals surface area (Å²) in [5.41, 5.74) is 0. The minimum absolute atomic E-state index is 0.00652. The van der Waals surface area contributed by atoms with Gasteiger partial charge in [-0.05, 0) is 25.7 Å². The van der Waals surface area contributed by atoms with Crippen LogP contribution in [0.2, 0.25) is 0 Å². The first kappa shape index (κ1) is 14.3. The van der Waals surface area contributed by atoms with Gasteiger partial charge in [-0.25, -0.2) is 0 Å². The first-order valence-electron chi connectivity index (χ1n) is 7.39. The Hall–Kier alpha value is -1.10. The average Bonchev–Trinajstić information content (AvgIpc) is 2.43. The van der Waals surface area contributed by atoms with Gasteiger partial charge in [0.2, 0.25) is 11.8 Å². The molecule has 0 aromatic heterocycles. The Balaban J connectivity index is 2.17. The summed E-state index contributed by atoms with van der Waals surface area (Å²) >= 11 is 0. The second kappa shape index (κ2) is 6.37. The fraction of sp³-hybridized carbons (Fsp3) is 0.857. The van der Waals surface area contributed by atoms with E-state index in [0.29, 0.717) is 19.6 Å². The number of nitrogens with zero attached hydrogens (tertiary/aromatic N) is 1. The van der Waals surface area contributed by atoms with Gasteiger partial charge >= 0.3 is 0 Å². The van der Waals surface area contributed by atoms with Crippen LogP contribution in [0.4, 0.5) is 0 Å². The highest BCUT2D eigenvalue weighted by atomic mass is 16.5. The number of carbonyl (C=O) groups is 2. The van der Waals surface area contributed by atoms with Crippen molar-refractivity contribution in [2.75, 3.05) is 13.2 Å². The van der Waals surface area contributed by atoms with Crippen LogP contribution in [0.15, 0.2) is 0 Å². The molecule has 2 aliphatic rings. The third-order valence-electron chi connectivity index (χ3n) is 4.06. The van der Waals surface area contributed by atoms with E-state index in [9.17, 15) is 9.59 Å². The third-order valence-corrected chi connectivity index (χ3v) is 4.06. The Morgan fingerprint density at radius 3 is 2.53 bits per heavy atom. The summed E-state index contributed by atoms with van der Waals surface area (Å²) < 4.78 is 5.36. The third kappa shape index (κ3) is 2.91. The van der Waals surface area contributed by atoms with Gasteiger partial charge in [0.1, 0.15) is 12.1 Å². The molecule has 2 heterocycles. The van der Waals surface area contributed by atoms with Crippen molar-refractivity contribution in [1.29, 1.82) is 0 Å². The molecule has 5 nitrogen and oxygen atoms in total. The van der Waals surface area contributed by atoms with Gasteiger partial charge in [0, 0.05) is 19.3 Å². The van der Waals surface area contributed by atoms with Crippen LogP contribution in [-0.2, 0) is 14.3 Å². The Morgan fingerprint density at radius 2 is 1.95 bits per heavy atom. The lowest BCUT2D eigenvalue weighted by molar-refractivity contribution is -0.154. The second-order valence-corrected chi connectivity index (χ2v) is 5.36. The van der Waals surface area contributed by atoms with Crippen LogP contribution in [0.1, 0.15) is 46.0 Å². The zero-order valence-electron chi connectivity index (χ0n) is 11.9. The zero-order valence-corrected chi connectivity index (χ0v) is 11.9. The molecular formula is C14H24N2O3. The van der Waals surface area contributed by atoms with Crippen LogP contribution in [0.5, 0.6) is 0 Å². The molecule has 2 atom stereocenters. The topological polar surface area (TPSA) is 58.6 Å². The van der Waals surface area contributed by atoms with E-state index in [-0.39, 0.29) is 29.9 Å². The molecule has 0 aromatic rings. The van der Waals surface area contributed by atoms with Crippen molar-refractivity contribution in [3.63, 3.8) is 0 Å². The molecule has 0 radical (unpaired) electrons. The molecule has 108 valence electrons. The highest BCUT2D eigenvalue weighted by molar-refractivity contribution is 5.97. The summed E-state index contributed by atoms with van der Waals surface area (Å²) in [6.07, 6.45) is 3.98. The molecular weight excluding hydrogens is 244 g/mol. The summed E-state index contributed by atoms with van der Waals surface area (Å²) in [4.78, 5) is 26.6. The van der Waals surface area contributed by atoms with Gasteiger partial charge in [0.05, 0.1) is 0 Å². The number of hydrogen-bond acceptors (Lipinski definition) is 3. The maximum absolute atomic E-state index is 12.6. The molecule has 5 heteroatoms. The van der Waals surface area contributed by atoms with Gasteiger partial charge < -0.3 is 15.0 Å². The smallest absolute Gasteiger partial charge is 0.246 e. The molecule has 0 bridgehead atoms. The minimum Gasteiger partial charge on any atom is -0.381 e. The van der Waals surface area contributed by atoms with E-state index >= 15 is 0 Å². The van der Waals surface area contributed by atoms with Crippen LogP contribution in [0, 0.1) is 0 Å². The number of ether oxygens (including phenoxy) is 1. The fourth-order valence-electron chi connectivity index (χ4n) is 3.05. The number of piperazine rings is 1.